The molecule has 2 N–H and O–H groups in total. The normalized spacial score (nSPS) is 12.2. The number of rotatable bonds is 8. The third kappa shape index (κ3) is 5.67. The van der Waals surface area contributed by atoms with Gasteiger partial charge in [0.05, 0.1) is 6.61 Å². The van der Waals surface area contributed by atoms with Gasteiger partial charge in [0.2, 0.25) is 5.91 Å². The van der Waals surface area contributed by atoms with E-state index in [1.165, 1.54) is 6.07 Å². The summed E-state index contributed by atoms with van der Waals surface area (Å²) in [7, 11) is 1.59. The summed E-state index contributed by atoms with van der Waals surface area (Å²) in [5.74, 6) is -0.217. The Hall–Kier alpha value is -1.46. The molecule has 0 spiro atoms. The topological polar surface area (TPSA) is 50.4 Å². The van der Waals surface area contributed by atoms with Crippen LogP contribution in [0.4, 0.5) is 4.39 Å². The number of benzene rings is 1. The molecule has 5 heteroatoms. The minimum atomic E-state index is -0.201. The van der Waals surface area contributed by atoms with Crippen LogP contribution in [-0.4, -0.2) is 32.7 Å². The highest BCUT2D eigenvalue weighted by molar-refractivity contribution is 5.76. The number of aryl methyl sites for hydroxylation is 1. The Morgan fingerprint density at radius 2 is 2.15 bits per heavy atom. The summed E-state index contributed by atoms with van der Waals surface area (Å²) in [5, 5.41) is 5.96. The van der Waals surface area contributed by atoms with Crippen molar-refractivity contribution in [2.24, 2.45) is 0 Å². The molecule has 1 aromatic carbocycles. The third-order valence-electron chi connectivity index (χ3n) is 3.13. The van der Waals surface area contributed by atoms with Gasteiger partial charge in [-0.05, 0) is 31.0 Å². The second-order valence-electron chi connectivity index (χ2n) is 4.78. The van der Waals surface area contributed by atoms with Gasteiger partial charge in [-0.2, -0.15) is 0 Å². The molecule has 0 heterocycles. The summed E-state index contributed by atoms with van der Waals surface area (Å²) in [5.41, 5.74) is 1.52. The molecule has 4 nitrogen and oxygen atoms in total. The van der Waals surface area contributed by atoms with E-state index in [9.17, 15) is 9.18 Å². The van der Waals surface area contributed by atoms with Crippen LogP contribution in [0.1, 0.15) is 30.5 Å². The fourth-order valence-corrected chi connectivity index (χ4v) is 1.78. The van der Waals surface area contributed by atoms with Crippen LogP contribution in [0.5, 0.6) is 0 Å². The van der Waals surface area contributed by atoms with E-state index >= 15 is 0 Å². The number of hydrogen-bond acceptors (Lipinski definition) is 3. The Bertz CT molecular complexity index is 438. The fourth-order valence-electron chi connectivity index (χ4n) is 1.78. The van der Waals surface area contributed by atoms with Crippen LogP contribution in [0.3, 0.4) is 0 Å². The highest BCUT2D eigenvalue weighted by Gasteiger charge is 2.08. The predicted molar refractivity (Wildman–Crippen MR) is 77.1 cm³/mol. The molecule has 0 aliphatic rings. The lowest BCUT2D eigenvalue weighted by atomic mass is 10.1. The molecule has 112 valence electrons. The van der Waals surface area contributed by atoms with Gasteiger partial charge < -0.3 is 15.4 Å². The minimum Gasteiger partial charge on any atom is -0.383 e. The van der Waals surface area contributed by atoms with E-state index in [0.29, 0.717) is 31.7 Å². The van der Waals surface area contributed by atoms with Gasteiger partial charge in [-0.1, -0.05) is 12.1 Å². The van der Waals surface area contributed by atoms with Crippen molar-refractivity contribution in [3.63, 3.8) is 0 Å². The predicted octanol–water partition coefficient (Wildman–Crippen LogP) is 1.94. The monoisotopic (exact) mass is 282 g/mol. The van der Waals surface area contributed by atoms with Gasteiger partial charge in [0, 0.05) is 32.7 Å². The molecule has 0 bridgehead atoms. The lowest BCUT2D eigenvalue weighted by molar-refractivity contribution is -0.121. The van der Waals surface area contributed by atoms with Crippen molar-refractivity contribution in [3.8, 4) is 0 Å². The highest BCUT2D eigenvalue weighted by atomic mass is 19.1. The van der Waals surface area contributed by atoms with Gasteiger partial charge in [-0.3, -0.25) is 4.79 Å². The van der Waals surface area contributed by atoms with E-state index in [4.69, 9.17) is 4.74 Å². The van der Waals surface area contributed by atoms with E-state index in [0.717, 1.165) is 5.56 Å². The Kier molecular flexibility index (Phi) is 7.18. The van der Waals surface area contributed by atoms with E-state index in [2.05, 4.69) is 10.6 Å². The van der Waals surface area contributed by atoms with Crippen molar-refractivity contribution in [2.75, 3.05) is 26.8 Å². The number of hydrogen-bond donors (Lipinski definition) is 2. The number of nitrogens with one attached hydrogen (secondary N) is 2. The first-order valence-electron chi connectivity index (χ1n) is 6.79. The minimum absolute atomic E-state index is 0.0110. The largest absolute Gasteiger partial charge is 0.383 e. The maximum atomic E-state index is 13.5. The molecule has 0 radical (unpaired) electrons. The van der Waals surface area contributed by atoms with E-state index < -0.39 is 0 Å². The molecule has 1 rings (SSSR count). The van der Waals surface area contributed by atoms with Gasteiger partial charge in [0.1, 0.15) is 5.82 Å². The first-order chi connectivity index (χ1) is 9.54. The Labute approximate surface area is 119 Å². The van der Waals surface area contributed by atoms with Crippen LogP contribution in [0, 0.1) is 12.7 Å². The summed E-state index contributed by atoms with van der Waals surface area (Å²) in [6, 6.07) is 5.21. The number of amides is 1. The standard InChI is InChI=1S/C15H23FN2O2/c1-11-4-5-13(10-14(11)16)12(2)17-7-6-15(19)18-8-9-20-3/h4-5,10,12,17H,6-9H2,1-3H3,(H,18,19). The molecular weight excluding hydrogens is 259 g/mol. The maximum absolute atomic E-state index is 13.5. The van der Waals surface area contributed by atoms with Crippen LogP contribution >= 0.6 is 0 Å². The molecule has 0 aromatic heterocycles. The van der Waals surface area contributed by atoms with Crippen molar-refractivity contribution in [1.29, 1.82) is 0 Å². The van der Waals surface area contributed by atoms with Gasteiger partial charge in [0.15, 0.2) is 0 Å². The van der Waals surface area contributed by atoms with Crippen molar-refractivity contribution in [1.82, 2.24) is 10.6 Å². The SMILES string of the molecule is COCCNC(=O)CCNC(C)c1ccc(C)c(F)c1. The lowest BCUT2D eigenvalue weighted by Crippen LogP contribution is -2.30. The average Bonchev–Trinajstić information content (AvgIpc) is 2.42. The zero-order valence-corrected chi connectivity index (χ0v) is 12.3. The van der Waals surface area contributed by atoms with Crippen molar-refractivity contribution >= 4 is 5.91 Å². The average molecular weight is 282 g/mol. The number of ether oxygens (including phenoxy) is 1. The third-order valence-corrected chi connectivity index (χ3v) is 3.13. The molecule has 1 amide bonds. The zero-order valence-electron chi connectivity index (χ0n) is 12.3. The highest BCUT2D eigenvalue weighted by Crippen LogP contribution is 2.16. The first kappa shape index (κ1) is 16.6. The molecule has 0 fully saturated rings. The molecule has 20 heavy (non-hydrogen) atoms. The molecule has 1 aromatic rings. The summed E-state index contributed by atoms with van der Waals surface area (Å²) >= 11 is 0. The van der Waals surface area contributed by atoms with E-state index in [1.807, 2.05) is 13.0 Å². The Morgan fingerprint density at radius 1 is 1.40 bits per heavy atom. The number of methoxy groups -OCH3 is 1. The van der Waals surface area contributed by atoms with Crippen LogP contribution in [0.2, 0.25) is 0 Å². The quantitative estimate of drug-likeness (QED) is 0.716. The summed E-state index contributed by atoms with van der Waals surface area (Å²) in [4.78, 5) is 11.5. The van der Waals surface area contributed by atoms with Crippen LogP contribution in [0.15, 0.2) is 18.2 Å². The first-order valence-corrected chi connectivity index (χ1v) is 6.79. The van der Waals surface area contributed by atoms with Gasteiger partial charge in [-0.15, -0.1) is 0 Å². The maximum Gasteiger partial charge on any atom is 0.221 e. The molecule has 1 atom stereocenters. The second-order valence-corrected chi connectivity index (χ2v) is 4.78. The lowest BCUT2D eigenvalue weighted by Gasteiger charge is -2.14. The summed E-state index contributed by atoms with van der Waals surface area (Å²) in [6.07, 6.45) is 0.391. The van der Waals surface area contributed by atoms with Crippen molar-refractivity contribution in [2.45, 2.75) is 26.3 Å². The van der Waals surface area contributed by atoms with Crippen molar-refractivity contribution < 1.29 is 13.9 Å². The Morgan fingerprint density at radius 3 is 2.80 bits per heavy atom. The number of carbonyl (C=O) groups is 1. The molecular formula is C15H23FN2O2. The van der Waals surface area contributed by atoms with Crippen LogP contribution in [-0.2, 0) is 9.53 Å². The summed E-state index contributed by atoms with van der Waals surface area (Å²) < 4.78 is 18.3. The Balaban J connectivity index is 2.30. The van der Waals surface area contributed by atoms with Crippen LogP contribution in [0.25, 0.3) is 0 Å². The second kappa shape index (κ2) is 8.66. The molecule has 0 saturated heterocycles. The van der Waals surface area contributed by atoms with Crippen molar-refractivity contribution in [3.05, 3.63) is 35.1 Å². The molecule has 0 aliphatic carbocycles. The number of halogens is 1. The zero-order chi connectivity index (χ0) is 15.0. The molecule has 0 aliphatic heterocycles. The van der Waals surface area contributed by atoms with E-state index in [-0.39, 0.29) is 17.8 Å². The van der Waals surface area contributed by atoms with Gasteiger partial charge in [-0.25, -0.2) is 4.39 Å². The smallest absolute Gasteiger partial charge is 0.221 e. The van der Waals surface area contributed by atoms with Gasteiger partial charge >= 0.3 is 0 Å². The number of carbonyl (C=O) groups excluding carboxylic acids is 1. The summed E-state index contributed by atoms with van der Waals surface area (Å²) in [6.45, 7) is 5.27. The van der Waals surface area contributed by atoms with E-state index in [1.54, 1.807) is 20.1 Å². The molecule has 0 saturated carbocycles. The fraction of sp³-hybridized carbons (Fsp3) is 0.533. The van der Waals surface area contributed by atoms with Gasteiger partial charge in [0.25, 0.3) is 0 Å². The molecule has 1 unspecified atom stereocenters. The van der Waals surface area contributed by atoms with Crippen LogP contribution < -0.4 is 10.6 Å².